The number of hydrogen-bond donors (Lipinski definition) is 2. The molecule has 4 bridgehead atoms. The number of hydrogen-bond acceptors (Lipinski definition) is 2. The van der Waals surface area contributed by atoms with Crippen molar-refractivity contribution in [1.82, 2.24) is 5.32 Å². The van der Waals surface area contributed by atoms with Crippen LogP contribution >= 0.6 is 0 Å². The van der Waals surface area contributed by atoms with Crippen LogP contribution in [0.3, 0.4) is 0 Å². The van der Waals surface area contributed by atoms with Crippen LogP contribution < -0.4 is 5.32 Å². The zero-order chi connectivity index (χ0) is 14.4. The molecular weight excluding hydrogens is 262 g/mol. The molecule has 1 aromatic carbocycles. The molecular formula is C18H23NO2. The Morgan fingerprint density at radius 2 is 1.57 bits per heavy atom. The van der Waals surface area contributed by atoms with Gasteiger partial charge in [-0.3, -0.25) is 4.79 Å². The van der Waals surface area contributed by atoms with E-state index in [2.05, 4.69) is 5.32 Å². The molecule has 3 nitrogen and oxygen atoms in total. The number of amides is 1. The highest BCUT2D eigenvalue weighted by atomic mass is 16.3. The van der Waals surface area contributed by atoms with Gasteiger partial charge in [-0.2, -0.15) is 0 Å². The number of nitrogens with one attached hydrogen (secondary N) is 1. The predicted molar refractivity (Wildman–Crippen MR) is 80.7 cm³/mol. The topological polar surface area (TPSA) is 49.3 Å². The molecule has 2 N–H and O–H groups in total. The lowest BCUT2D eigenvalue weighted by Gasteiger charge is -2.56. The standard InChI is InChI=1S/C18H23NO2/c20-11-12-1-3-16(4-2-12)17(21)19-18-8-13-5-14(9-18)7-15(6-13)10-18/h1-4,13-15,20H,5-11H2,(H,19,21). The van der Waals surface area contributed by atoms with Gasteiger partial charge in [-0.25, -0.2) is 0 Å². The third kappa shape index (κ3) is 2.38. The Hall–Kier alpha value is -1.35. The largest absolute Gasteiger partial charge is 0.392 e. The quantitative estimate of drug-likeness (QED) is 0.897. The molecule has 4 aliphatic rings. The van der Waals surface area contributed by atoms with Crippen molar-refractivity contribution in [3.05, 3.63) is 35.4 Å². The summed E-state index contributed by atoms with van der Waals surface area (Å²) in [7, 11) is 0. The first-order valence-corrected chi connectivity index (χ1v) is 8.18. The summed E-state index contributed by atoms with van der Waals surface area (Å²) in [5, 5.41) is 12.5. The van der Waals surface area contributed by atoms with E-state index in [-0.39, 0.29) is 18.1 Å². The minimum atomic E-state index is 0.0247. The Morgan fingerprint density at radius 3 is 2.05 bits per heavy atom. The van der Waals surface area contributed by atoms with Crippen molar-refractivity contribution < 1.29 is 9.90 Å². The van der Waals surface area contributed by atoms with Gasteiger partial charge in [-0.1, -0.05) is 12.1 Å². The Bertz CT molecular complexity index is 514. The fourth-order valence-electron chi connectivity index (χ4n) is 5.34. The average Bonchev–Trinajstić information content (AvgIpc) is 2.45. The van der Waals surface area contributed by atoms with E-state index < -0.39 is 0 Å². The molecule has 4 fully saturated rings. The van der Waals surface area contributed by atoms with Crippen LogP contribution in [0.2, 0.25) is 0 Å². The second-order valence-electron chi connectivity index (χ2n) is 7.51. The molecule has 0 radical (unpaired) electrons. The molecule has 0 aromatic heterocycles. The average molecular weight is 285 g/mol. The fraction of sp³-hybridized carbons (Fsp3) is 0.611. The van der Waals surface area contributed by atoms with E-state index in [0.717, 1.165) is 23.3 Å². The normalized spacial score (nSPS) is 36.7. The minimum Gasteiger partial charge on any atom is -0.392 e. The van der Waals surface area contributed by atoms with E-state index in [9.17, 15) is 4.79 Å². The molecule has 0 saturated heterocycles. The van der Waals surface area contributed by atoms with Crippen molar-refractivity contribution in [3.63, 3.8) is 0 Å². The summed E-state index contributed by atoms with van der Waals surface area (Å²) >= 11 is 0. The van der Waals surface area contributed by atoms with Gasteiger partial charge in [0, 0.05) is 11.1 Å². The second-order valence-corrected chi connectivity index (χ2v) is 7.51. The lowest BCUT2D eigenvalue weighted by Crippen LogP contribution is -2.59. The summed E-state index contributed by atoms with van der Waals surface area (Å²) in [6.07, 6.45) is 7.71. The van der Waals surface area contributed by atoms with Crippen LogP contribution in [0.15, 0.2) is 24.3 Å². The Labute approximate surface area is 125 Å². The Balaban J connectivity index is 1.51. The molecule has 1 aromatic rings. The molecule has 0 aliphatic heterocycles. The van der Waals surface area contributed by atoms with E-state index in [4.69, 9.17) is 5.11 Å². The lowest BCUT2D eigenvalue weighted by atomic mass is 9.53. The first-order chi connectivity index (χ1) is 10.2. The molecule has 0 spiro atoms. The fourth-order valence-corrected chi connectivity index (χ4v) is 5.34. The summed E-state index contributed by atoms with van der Waals surface area (Å²) in [6.45, 7) is 0.0247. The third-order valence-electron chi connectivity index (χ3n) is 5.82. The summed E-state index contributed by atoms with van der Waals surface area (Å²) in [5.41, 5.74) is 1.63. The molecule has 4 saturated carbocycles. The van der Waals surface area contributed by atoms with Crippen LogP contribution in [-0.4, -0.2) is 16.6 Å². The van der Waals surface area contributed by atoms with E-state index in [0.29, 0.717) is 5.56 Å². The van der Waals surface area contributed by atoms with Gasteiger partial charge in [0.1, 0.15) is 0 Å². The van der Waals surface area contributed by atoms with Crippen molar-refractivity contribution in [2.24, 2.45) is 17.8 Å². The molecule has 5 rings (SSSR count). The first kappa shape index (κ1) is 13.3. The maximum Gasteiger partial charge on any atom is 0.251 e. The molecule has 112 valence electrons. The lowest BCUT2D eigenvalue weighted by molar-refractivity contribution is -0.0167. The highest BCUT2D eigenvalue weighted by molar-refractivity contribution is 5.94. The Kier molecular flexibility index (Phi) is 3.07. The molecule has 3 heteroatoms. The van der Waals surface area contributed by atoms with Crippen molar-refractivity contribution >= 4 is 5.91 Å². The van der Waals surface area contributed by atoms with E-state index in [1.807, 2.05) is 24.3 Å². The number of carbonyl (C=O) groups is 1. The molecule has 4 aliphatic carbocycles. The van der Waals surface area contributed by atoms with Gasteiger partial charge in [-0.05, 0) is 74.0 Å². The third-order valence-corrected chi connectivity index (χ3v) is 5.82. The summed E-state index contributed by atoms with van der Waals surface area (Å²) in [4.78, 5) is 12.6. The van der Waals surface area contributed by atoms with Gasteiger partial charge in [0.05, 0.1) is 6.61 Å². The van der Waals surface area contributed by atoms with Crippen molar-refractivity contribution in [1.29, 1.82) is 0 Å². The summed E-state index contributed by atoms with van der Waals surface area (Å²) in [6, 6.07) is 7.30. The number of rotatable bonds is 3. The van der Waals surface area contributed by atoms with Crippen molar-refractivity contribution in [2.45, 2.75) is 50.7 Å². The summed E-state index contributed by atoms with van der Waals surface area (Å²) < 4.78 is 0. The van der Waals surface area contributed by atoms with E-state index in [1.54, 1.807) is 0 Å². The van der Waals surface area contributed by atoms with E-state index >= 15 is 0 Å². The molecule has 21 heavy (non-hydrogen) atoms. The van der Waals surface area contributed by atoms with Gasteiger partial charge in [0.15, 0.2) is 0 Å². The zero-order valence-electron chi connectivity index (χ0n) is 12.3. The van der Waals surface area contributed by atoms with Crippen LogP contribution in [0, 0.1) is 17.8 Å². The molecule has 0 unspecified atom stereocenters. The number of carbonyl (C=O) groups excluding carboxylic acids is 1. The zero-order valence-corrected chi connectivity index (χ0v) is 12.3. The monoisotopic (exact) mass is 285 g/mol. The van der Waals surface area contributed by atoms with Crippen LogP contribution in [0.5, 0.6) is 0 Å². The van der Waals surface area contributed by atoms with Crippen LogP contribution in [0.25, 0.3) is 0 Å². The first-order valence-electron chi connectivity index (χ1n) is 8.18. The molecule has 1 amide bonds. The second kappa shape index (κ2) is 4.84. The number of aliphatic hydroxyl groups is 1. The van der Waals surface area contributed by atoms with Gasteiger partial charge < -0.3 is 10.4 Å². The van der Waals surface area contributed by atoms with Gasteiger partial charge >= 0.3 is 0 Å². The van der Waals surface area contributed by atoms with Crippen LogP contribution in [-0.2, 0) is 6.61 Å². The minimum absolute atomic E-state index is 0.0247. The predicted octanol–water partition coefficient (Wildman–Crippen LogP) is 2.88. The smallest absolute Gasteiger partial charge is 0.251 e. The van der Waals surface area contributed by atoms with Gasteiger partial charge in [-0.15, -0.1) is 0 Å². The van der Waals surface area contributed by atoms with Gasteiger partial charge in [0.25, 0.3) is 5.91 Å². The number of benzene rings is 1. The highest BCUT2D eigenvalue weighted by Crippen LogP contribution is 2.55. The number of aliphatic hydroxyl groups excluding tert-OH is 1. The maximum absolute atomic E-state index is 12.6. The van der Waals surface area contributed by atoms with Crippen molar-refractivity contribution in [2.75, 3.05) is 0 Å². The molecule has 0 heterocycles. The highest BCUT2D eigenvalue weighted by Gasteiger charge is 2.51. The SMILES string of the molecule is O=C(NC12CC3CC(CC(C3)C1)C2)c1ccc(CO)cc1. The van der Waals surface area contributed by atoms with Crippen LogP contribution in [0.4, 0.5) is 0 Å². The van der Waals surface area contributed by atoms with Gasteiger partial charge in [0.2, 0.25) is 0 Å². The molecule has 0 atom stereocenters. The summed E-state index contributed by atoms with van der Waals surface area (Å²) in [5.74, 6) is 2.58. The maximum atomic E-state index is 12.6. The Morgan fingerprint density at radius 1 is 1.05 bits per heavy atom. The van der Waals surface area contributed by atoms with E-state index in [1.165, 1.54) is 38.5 Å². The van der Waals surface area contributed by atoms with Crippen molar-refractivity contribution in [3.8, 4) is 0 Å². The van der Waals surface area contributed by atoms with Crippen LogP contribution in [0.1, 0.15) is 54.4 Å².